The number of rotatable bonds is 5. The van der Waals surface area contributed by atoms with E-state index in [4.69, 9.17) is 4.74 Å². The molecule has 0 aliphatic heterocycles. The maximum atomic E-state index is 9.25. The first kappa shape index (κ1) is 13.9. The summed E-state index contributed by atoms with van der Waals surface area (Å²) < 4.78 is 5.10. The number of hydrogen-bond donors (Lipinski definition) is 2. The highest BCUT2D eigenvalue weighted by Crippen LogP contribution is 2.17. The van der Waals surface area contributed by atoms with Crippen molar-refractivity contribution >= 4 is 0 Å². The largest absolute Gasteiger partial charge is 0.508 e. The normalized spacial score (nSPS) is 11.6. The minimum Gasteiger partial charge on any atom is -0.508 e. The van der Waals surface area contributed by atoms with Crippen molar-refractivity contribution in [1.29, 1.82) is 5.26 Å². The topological polar surface area (TPSA) is 65.3 Å². The number of phenolic OH excluding ortho intramolecular Hbond substituents is 1. The summed E-state index contributed by atoms with van der Waals surface area (Å²) in [6.07, 6.45) is 0. The van der Waals surface area contributed by atoms with Crippen LogP contribution in [0.3, 0.4) is 0 Å². The summed E-state index contributed by atoms with van der Waals surface area (Å²) in [5.74, 6) is 1.00. The van der Waals surface area contributed by atoms with Gasteiger partial charge in [-0.3, -0.25) is 5.32 Å². The van der Waals surface area contributed by atoms with Gasteiger partial charge in [-0.2, -0.15) is 5.26 Å². The molecular formula is C16H16N2O2. The Hall–Kier alpha value is -2.51. The van der Waals surface area contributed by atoms with Crippen molar-refractivity contribution in [1.82, 2.24) is 5.32 Å². The zero-order valence-electron chi connectivity index (χ0n) is 11.2. The number of nitriles is 1. The maximum absolute atomic E-state index is 9.25. The second-order valence-electron chi connectivity index (χ2n) is 4.38. The molecule has 0 amide bonds. The monoisotopic (exact) mass is 268 g/mol. The summed E-state index contributed by atoms with van der Waals surface area (Å²) in [7, 11) is 1.63. The summed E-state index contributed by atoms with van der Waals surface area (Å²) in [4.78, 5) is 0. The third-order valence-electron chi connectivity index (χ3n) is 3.02. The van der Waals surface area contributed by atoms with E-state index in [1.54, 1.807) is 31.4 Å². The van der Waals surface area contributed by atoms with Gasteiger partial charge in [0, 0.05) is 6.54 Å². The quantitative estimate of drug-likeness (QED) is 0.875. The van der Waals surface area contributed by atoms with Crippen molar-refractivity contribution in [2.24, 2.45) is 0 Å². The minimum absolute atomic E-state index is 0.195. The SMILES string of the molecule is COc1ccc(CNC(C#N)c2ccc(O)cc2)cc1. The third-order valence-corrected chi connectivity index (χ3v) is 3.02. The van der Waals surface area contributed by atoms with Gasteiger partial charge in [0.2, 0.25) is 0 Å². The Balaban J connectivity index is 2.00. The average Bonchev–Trinajstić information content (AvgIpc) is 2.50. The second-order valence-corrected chi connectivity index (χ2v) is 4.38. The predicted molar refractivity (Wildman–Crippen MR) is 76.3 cm³/mol. The Labute approximate surface area is 118 Å². The first-order chi connectivity index (χ1) is 9.72. The molecule has 0 saturated carbocycles. The van der Waals surface area contributed by atoms with Crippen LogP contribution >= 0.6 is 0 Å². The van der Waals surface area contributed by atoms with E-state index >= 15 is 0 Å². The van der Waals surface area contributed by atoms with Crippen LogP contribution in [0.2, 0.25) is 0 Å². The lowest BCUT2D eigenvalue weighted by Gasteiger charge is -2.12. The molecule has 4 heteroatoms. The number of ether oxygens (including phenoxy) is 1. The molecule has 0 aliphatic rings. The fraction of sp³-hybridized carbons (Fsp3) is 0.188. The van der Waals surface area contributed by atoms with Crippen molar-refractivity contribution in [3.8, 4) is 17.6 Å². The zero-order chi connectivity index (χ0) is 14.4. The molecule has 0 radical (unpaired) electrons. The highest BCUT2D eigenvalue weighted by atomic mass is 16.5. The summed E-state index contributed by atoms with van der Waals surface area (Å²) >= 11 is 0. The number of methoxy groups -OCH3 is 1. The second kappa shape index (κ2) is 6.60. The standard InChI is InChI=1S/C16H16N2O2/c1-20-15-8-2-12(3-9-15)11-18-16(10-17)13-4-6-14(19)7-5-13/h2-9,16,18-19H,11H2,1H3. The Morgan fingerprint density at radius 3 is 2.35 bits per heavy atom. The van der Waals surface area contributed by atoms with Gasteiger partial charge in [-0.25, -0.2) is 0 Å². The number of hydrogen-bond acceptors (Lipinski definition) is 4. The highest BCUT2D eigenvalue weighted by Gasteiger charge is 2.09. The van der Waals surface area contributed by atoms with Crippen LogP contribution in [0.4, 0.5) is 0 Å². The molecule has 0 bridgehead atoms. The van der Waals surface area contributed by atoms with Crippen LogP contribution in [0, 0.1) is 11.3 Å². The minimum atomic E-state index is -0.405. The number of phenols is 1. The van der Waals surface area contributed by atoms with Crippen molar-refractivity contribution in [3.63, 3.8) is 0 Å². The van der Waals surface area contributed by atoms with Gasteiger partial charge in [-0.1, -0.05) is 24.3 Å². The van der Waals surface area contributed by atoms with Gasteiger partial charge >= 0.3 is 0 Å². The third kappa shape index (κ3) is 3.50. The van der Waals surface area contributed by atoms with Gasteiger partial charge in [0.15, 0.2) is 0 Å². The van der Waals surface area contributed by atoms with E-state index in [1.807, 2.05) is 24.3 Å². The van der Waals surface area contributed by atoms with Crippen LogP contribution in [0.15, 0.2) is 48.5 Å². The Morgan fingerprint density at radius 1 is 1.15 bits per heavy atom. The van der Waals surface area contributed by atoms with Crippen LogP contribution in [-0.4, -0.2) is 12.2 Å². The van der Waals surface area contributed by atoms with E-state index in [2.05, 4.69) is 11.4 Å². The molecule has 2 rings (SSSR count). The zero-order valence-corrected chi connectivity index (χ0v) is 11.2. The van der Waals surface area contributed by atoms with E-state index in [0.717, 1.165) is 16.9 Å². The van der Waals surface area contributed by atoms with Crippen LogP contribution in [0.1, 0.15) is 17.2 Å². The van der Waals surface area contributed by atoms with Gasteiger partial charge in [0.1, 0.15) is 17.5 Å². The van der Waals surface area contributed by atoms with Crippen molar-refractivity contribution in [2.75, 3.05) is 7.11 Å². The van der Waals surface area contributed by atoms with E-state index < -0.39 is 6.04 Å². The van der Waals surface area contributed by atoms with E-state index in [0.29, 0.717) is 6.54 Å². The van der Waals surface area contributed by atoms with Crippen molar-refractivity contribution in [3.05, 3.63) is 59.7 Å². The van der Waals surface area contributed by atoms with Gasteiger partial charge in [-0.05, 0) is 35.4 Å². The van der Waals surface area contributed by atoms with Crippen LogP contribution in [0.5, 0.6) is 11.5 Å². The molecule has 20 heavy (non-hydrogen) atoms. The number of nitrogens with one attached hydrogen (secondary N) is 1. The lowest BCUT2D eigenvalue weighted by molar-refractivity contribution is 0.414. The average molecular weight is 268 g/mol. The van der Waals surface area contributed by atoms with Crippen molar-refractivity contribution < 1.29 is 9.84 Å². The fourth-order valence-electron chi connectivity index (χ4n) is 1.87. The first-order valence-corrected chi connectivity index (χ1v) is 6.28. The van der Waals surface area contributed by atoms with E-state index in [-0.39, 0.29) is 5.75 Å². The Kier molecular flexibility index (Phi) is 4.59. The lowest BCUT2D eigenvalue weighted by atomic mass is 10.1. The molecule has 102 valence electrons. The fourth-order valence-corrected chi connectivity index (χ4v) is 1.87. The van der Waals surface area contributed by atoms with E-state index in [9.17, 15) is 10.4 Å². The molecule has 0 aliphatic carbocycles. The van der Waals surface area contributed by atoms with Gasteiger partial charge < -0.3 is 9.84 Å². The molecule has 1 unspecified atom stereocenters. The van der Waals surface area contributed by atoms with Crippen LogP contribution < -0.4 is 10.1 Å². The molecular weight excluding hydrogens is 252 g/mol. The number of nitrogens with zero attached hydrogens (tertiary/aromatic N) is 1. The number of benzene rings is 2. The first-order valence-electron chi connectivity index (χ1n) is 6.28. The molecule has 0 saturated heterocycles. The van der Waals surface area contributed by atoms with E-state index in [1.165, 1.54) is 0 Å². The molecule has 1 atom stereocenters. The Bertz CT molecular complexity index is 585. The summed E-state index contributed by atoms with van der Waals surface area (Å²) in [5.41, 5.74) is 1.91. The molecule has 0 fully saturated rings. The summed E-state index contributed by atoms with van der Waals surface area (Å²) in [6.45, 7) is 0.586. The highest BCUT2D eigenvalue weighted by molar-refractivity contribution is 5.31. The Morgan fingerprint density at radius 2 is 1.80 bits per heavy atom. The maximum Gasteiger partial charge on any atom is 0.121 e. The van der Waals surface area contributed by atoms with Crippen molar-refractivity contribution in [2.45, 2.75) is 12.6 Å². The molecule has 2 aromatic carbocycles. The smallest absolute Gasteiger partial charge is 0.121 e. The van der Waals surface area contributed by atoms with Crippen LogP contribution in [-0.2, 0) is 6.54 Å². The summed E-state index contributed by atoms with van der Waals surface area (Å²) in [5, 5.41) is 21.6. The van der Waals surface area contributed by atoms with Gasteiger partial charge in [-0.15, -0.1) is 0 Å². The molecule has 4 nitrogen and oxygen atoms in total. The molecule has 0 spiro atoms. The summed E-state index contributed by atoms with van der Waals surface area (Å²) in [6, 6.07) is 16.1. The van der Waals surface area contributed by atoms with Crippen LogP contribution in [0.25, 0.3) is 0 Å². The lowest BCUT2D eigenvalue weighted by Crippen LogP contribution is -2.19. The predicted octanol–water partition coefficient (Wildman–Crippen LogP) is 2.76. The number of aromatic hydroxyl groups is 1. The van der Waals surface area contributed by atoms with Gasteiger partial charge in [0.25, 0.3) is 0 Å². The molecule has 2 N–H and O–H groups in total. The van der Waals surface area contributed by atoms with Gasteiger partial charge in [0.05, 0.1) is 13.2 Å². The molecule has 0 aromatic heterocycles. The molecule has 2 aromatic rings. The molecule has 0 heterocycles.